The minimum atomic E-state index is -6.51. The van der Waals surface area contributed by atoms with Crippen molar-refractivity contribution in [1.82, 2.24) is 0 Å². The first kappa shape index (κ1) is 18.2. The quantitative estimate of drug-likeness (QED) is 0.441. The summed E-state index contributed by atoms with van der Waals surface area (Å²) in [5, 5.41) is 0. The third-order valence-corrected chi connectivity index (χ3v) is 9.98. The Kier molecular flexibility index (Phi) is 3.98. The van der Waals surface area contributed by atoms with Crippen molar-refractivity contribution in [2.24, 2.45) is 0 Å². The van der Waals surface area contributed by atoms with E-state index in [0.717, 1.165) is 0 Å². The summed E-state index contributed by atoms with van der Waals surface area (Å²) in [6.07, 6.45) is -13.0. The van der Waals surface area contributed by atoms with Gasteiger partial charge in [0.1, 0.15) is 0 Å². The van der Waals surface area contributed by atoms with Gasteiger partial charge in [-0.2, -0.15) is 0 Å². The van der Waals surface area contributed by atoms with Crippen molar-refractivity contribution >= 4 is 29.9 Å². The van der Waals surface area contributed by atoms with Gasteiger partial charge in [0.2, 0.25) is 0 Å². The van der Waals surface area contributed by atoms with Crippen LogP contribution in [-0.2, 0) is 0 Å². The van der Waals surface area contributed by atoms with Gasteiger partial charge in [-0.3, -0.25) is 0 Å². The first-order chi connectivity index (χ1) is 8.41. The van der Waals surface area contributed by atoms with Crippen LogP contribution in [0.3, 0.4) is 0 Å². The predicted molar refractivity (Wildman–Crippen MR) is 41.2 cm³/mol. The van der Waals surface area contributed by atoms with Crippen LogP contribution in [0.4, 0.5) is 52.7 Å². The molecule has 20 heavy (non-hydrogen) atoms. The Labute approximate surface area is 114 Å². The molecule has 0 nitrogen and oxygen atoms in total. The van der Waals surface area contributed by atoms with E-state index >= 15 is 0 Å². The molecule has 0 aromatic rings. The molecule has 0 saturated carbocycles. The van der Waals surface area contributed by atoms with Gasteiger partial charge in [0, 0.05) is 0 Å². The van der Waals surface area contributed by atoms with Gasteiger partial charge in [-0.1, -0.05) is 0 Å². The normalized spacial score (nSPS) is 33.0. The number of hydrogen-bond acceptors (Lipinski definition) is 0. The standard InChI is InChI=1S/C6F12Se2/c7-1(8,3(11,12)13)5(17)19-6(18,20-5)2(9,10)4(14,15)16. The average molecular weight is 458 g/mol. The van der Waals surface area contributed by atoms with Crippen molar-refractivity contribution in [3.63, 3.8) is 0 Å². The summed E-state index contributed by atoms with van der Waals surface area (Å²) in [4.78, 5) is 0. The van der Waals surface area contributed by atoms with Crippen LogP contribution in [0.1, 0.15) is 0 Å². The van der Waals surface area contributed by atoms with E-state index in [1.54, 1.807) is 0 Å². The Bertz CT molecular complexity index is 352. The summed E-state index contributed by atoms with van der Waals surface area (Å²) >= 11 is -7.11. The fourth-order valence-electron chi connectivity index (χ4n) is 0.940. The number of halogens is 12. The van der Waals surface area contributed by atoms with Gasteiger partial charge in [0.05, 0.1) is 0 Å². The van der Waals surface area contributed by atoms with Crippen LogP contribution in [0, 0.1) is 0 Å². The monoisotopic (exact) mass is 460 g/mol. The van der Waals surface area contributed by atoms with E-state index in [-0.39, 0.29) is 0 Å². The molecule has 0 spiro atoms. The zero-order chi connectivity index (χ0) is 16.4. The van der Waals surface area contributed by atoms with Crippen molar-refractivity contribution in [1.29, 1.82) is 0 Å². The molecular weight excluding hydrogens is 458 g/mol. The molecule has 0 aliphatic carbocycles. The summed E-state index contributed by atoms with van der Waals surface area (Å²) in [7, 11) is 0. The second kappa shape index (κ2) is 4.36. The maximum atomic E-state index is 13.2. The van der Waals surface area contributed by atoms with Crippen molar-refractivity contribution in [3.8, 4) is 0 Å². The molecule has 0 unspecified atom stereocenters. The molecule has 1 aliphatic heterocycles. The minimum absolute atomic E-state index is 3.56. The summed E-state index contributed by atoms with van der Waals surface area (Å²) in [5.41, 5.74) is 0. The van der Waals surface area contributed by atoms with Gasteiger partial charge in [-0.25, -0.2) is 0 Å². The fourth-order valence-corrected chi connectivity index (χ4v) is 8.54. The van der Waals surface area contributed by atoms with Crippen LogP contribution < -0.4 is 0 Å². The molecule has 14 heteroatoms. The Balaban J connectivity index is 3.05. The zero-order valence-corrected chi connectivity index (χ0v) is 11.8. The van der Waals surface area contributed by atoms with Gasteiger partial charge < -0.3 is 0 Å². The molecule has 0 atom stereocenters. The van der Waals surface area contributed by atoms with Crippen LogP contribution in [0.2, 0.25) is 0 Å². The predicted octanol–water partition coefficient (Wildman–Crippen LogP) is 3.05. The Hall–Kier alpha value is 0.199. The van der Waals surface area contributed by atoms with E-state index in [2.05, 4.69) is 0 Å². The first-order valence-corrected chi connectivity index (χ1v) is 7.51. The van der Waals surface area contributed by atoms with Gasteiger partial charge in [0.25, 0.3) is 0 Å². The number of alkyl halides is 12. The average Bonchev–Trinajstić information content (AvgIpc) is 2.10. The Morgan fingerprint density at radius 3 is 0.850 bits per heavy atom. The molecule has 1 fully saturated rings. The summed E-state index contributed by atoms with van der Waals surface area (Å²) in [5.74, 6) is -12.4. The summed E-state index contributed by atoms with van der Waals surface area (Å²) in [6, 6.07) is 0. The van der Waals surface area contributed by atoms with Gasteiger partial charge in [0.15, 0.2) is 0 Å². The molecule has 0 radical (unpaired) electrons. The first-order valence-electron chi connectivity index (χ1n) is 4.08. The van der Waals surface area contributed by atoms with Gasteiger partial charge >= 0.3 is 114 Å². The molecular formula is C6F12Se2. The molecule has 0 amide bonds. The van der Waals surface area contributed by atoms with Crippen molar-refractivity contribution in [3.05, 3.63) is 0 Å². The third kappa shape index (κ3) is 2.32. The summed E-state index contributed by atoms with van der Waals surface area (Å²) < 4.78 is 139. The van der Waals surface area contributed by atoms with Crippen molar-refractivity contribution < 1.29 is 52.7 Å². The van der Waals surface area contributed by atoms with E-state index in [9.17, 15) is 52.7 Å². The van der Waals surface area contributed by atoms with Crippen LogP contribution >= 0.6 is 0 Å². The van der Waals surface area contributed by atoms with Crippen molar-refractivity contribution in [2.45, 2.75) is 31.1 Å². The number of hydrogen-bond donors (Lipinski definition) is 0. The van der Waals surface area contributed by atoms with E-state index in [1.165, 1.54) is 0 Å². The van der Waals surface area contributed by atoms with E-state index in [1.807, 2.05) is 0 Å². The molecule has 1 aliphatic rings. The van der Waals surface area contributed by atoms with Crippen LogP contribution in [0.25, 0.3) is 0 Å². The molecule has 1 saturated heterocycles. The molecule has 0 N–H and O–H groups in total. The molecule has 1 rings (SSSR count). The molecule has 0 aromatic heterocycles. The van der Waals surface area contributed by atoms with E-state index in [0.29, 0.717) is 0 Å². The van der Waals surface area contributed by atoms with Crippen LogP contribution in [0.15, 0.2) is 0 Å². The number of rotatable bonds is 2. The second-order valence-corrected chi connectivity index (χ2v) is 11.6. The summed E-state index contributed by atoms with van der Waals surface area (Å²) in [6.45, 7) is 0. The third-order valence-electron chi connectivity index (χ3n) is 1.99. The van der Waals surface area contributed by atoms with E-state index < -0.39 is 61.0 Å². The molecule has 0 bridgehead atoms. The van der Waals surface area contributed by atoms with E-state index in [4.69, 9.17) is 0 Å². The van der Waals surface area contributed by atoms with Gasteiger partial charge in [-0.05, 0) is 0 Å². The topological polar surface area (TPSA) is 0 Å². The zero-order valence-electron chi connectivity index (χ0n) is 8.35. The van der Waals surface area contributed by atoms with Crippen molar-refractivity contribution in [2.75, 3.05) is 0 Å². The fraction of sp³-hybridized carbons (Fsp3) is 1.00. The second-order valence-electron chi connectivity index (χ2n) is 3.42. The van der Waals surface area contributed by atoms with Crippen LogP contribution in [0.5, 0.6) is 0 Å². The maximum absolute atomic E-state index is 13.2. The van der Waals surface area contributed by atoms with Gasteiger partial charge in [-0.15, -0.1) is 0 Å². The molecule has 1 heterocycles. The SMILES string of the molecule is FC(F)(F)C(F)(F)C1(F)[Se]C(F)(C(F)(F)C(F)(F)F)[Se]1. The molecule has 120 valence electrons. The van der Waals surface area contributed by atoms with Crippen LogP contribution in [-0.4, -0.2) is 61.0 Å². The molecule has 0 aromatic carbocycles. The Morgan fingerprint density at radius 2 is 0.700 bits per heavy atom. The Morgan fingerprint density at radius 1 is 0.500 bits per heavy atom.